The molecule has 1 aromatic carbocycles. The Morgan fingerprint density at radius 2 is 1.95 bits per heavy atom. The fourth-order valence-corrected chi connectivity index (χ4v) is 6.49. The molecule has 1 N–H and O–H groups in total. The molecule has 0 spiro atoms. The highest BCUT2D eigenvalue weighted by atomic mass is 79.9. The van der Waals surface area contributed by atoms with E-state index in [1.807, 2.05) is 29.2 Å². The van der Waals surface area contributed by atoms with E-state index in [1.54, 1.807) is 0 Å². The highest BCUT2D eigenvalue weighted by Gasteiger charge is 2.47. The number of benzene rings is 1. The van der Waals surface area contributed by atoms with Crippen molar-refractivity contribution in [3.05, 3.63) is 34.9 Å². The van der Waals surface area contributed by atoms with E-state index < -0.39 is 9.84 Å². The Balaban J connectivity index is 0.00000147. The van der Waals surface area contributed by atoms with E-state index in [9.17, 15) is 8.42 Å². The predicted molar refractivity (Wildman–Crippen MR) is 88.9 cm³/mol. The number of amidine groups is 1. The Labute approximate surface area is 138 Å². The summed E-state index contributed by atoms with van der Waals surface area (Å²) in [6.07, 6.45) is 0. The monoisotopic (exact) mass is 396 g/mol. The maximum absolute atomic E-state index is 11.7. The van der Waals surface area contributed by atoms with Crippen LogP contribution in [0.5, 0.6) is 0 Å². The lowest BCUT2D eigenvalue weighted by atomic mass is 10.1. The van der Waals surface area contributed by atoms with E-state index >= 15 is 0 Å². The number of rotatable bonds is 2. The van der Waals surface area contributed by atoms with Gasteiger partial charge in [-0.15, -0.1) is 17.0 Å². The molecular formula is C12H14BrClN2O2S2. The van der Waals surface area contributed by atoms with Crippen LogP contribution in [0.4, 0.5) is 0 Å². The lowest BCUT2D eigenvalue weighted by Crippen LogP contribution is -2.36. The van der Waals surface area contributed by atoms with Gasteiger partial charge in [0.25, 0.3) is 0 Å². The third kappa shape index (κ3) is 3.16. The molecule has 0 aliphatic carbocycles. The van der Waals surface area contributed by atoms with Crippen molar-refractivity contribution >= 4 is 55.3 Å². The lowest BCUT2D eigenvalue weighted by molar-refractivity contribution is 0.349. The van der Waals surface area contributed by atoms with E-state index in [4.69, 9.17) is 17.0 Å². The van der Waals surface area contributed by atoms with Gasteiger partial charge in [-0.25, -0.2) is 8.42 Å². The molecule has 0 aromatic heterocycles. The number of nitrogens with zero attached hydrogens (tertiary/aromatic N) is 1. The second-order valence-electron chi connectivity index (χ2n) is 4.86. The molecule has 4 nitrogen and oxygen atoms in total. The molecule has 2 fully saturated rings. The summed E-state index contributed by atoms with van der Waals surface area (Å²) in [4.78, 5) is 1.89. The maximum Gasteiger partial charge on any atom is 0.157 e. The summed E-state index contributed by atoms with van der Waals surface area (Å²) in [6.45, 7) is 0.569. The fourth-order valence-electron chi connectivity index (χ4n) is 2.54. The zero-order valence-electron chi connectivity index (χ0n) is 10.5. The molecule has 8 heteroatoms. The van der Waals surface area contributed by atoms with Gasteiger partial charge in [0.15, 0.2) is 15.0 Å². The summed E-state index contributed by atoms with van der Waals surface area (Å²) >= 11 is 7.22. The van der Waals surface area contributed by atoms with Crippen LogP contribution >= 0.6 is 40.3 Å². The molecule has 2 aliphatic heterocycles. The Kier molecular flexibility index (Phi) is 4.73. The number of sulfone groups is 1. The first-order chi connectivity index (χ1) is 8.94. The molecule has 1 aromatic rings. The first kappa shape index (κ1) is 16.1. The second kappa shape index (κ2) is 5.87. The van der Waals surface area contributed by atoms with Crippen molar-refractivity contribution < 1.29 is 8.42 Å². The van der Waals surface area contributed by atoms with Crippen LogP contribution in [-0.2, 0) is 16.4 Å². The molecule has 0 bridgehead atoms. The van der Waals surface area contributed by atoms with Crippen LogP contribution in [0.2, 0.25) is 5.02 Å². The standard InChI is InChI=1S/C12H13ClN2O2S2.BrH/c13-9-3-1-8(2-4-9)5-15-10-6-19(16,17)7-11(10)18-12(15)14;/h1-4,10-11,14H,5-7H2;1H. The van der Waals surface area contributed by atoms with Crippen molar-refractivity contribution in [2.75, 3.05) is 11.5 Å². The van der Waals surface area contributed by atoms with Crippen molar-refractivity contribution in [3.8, 4) is 0 Å². The van der Waals surface area contributed by atoms with Crippen LogP contribution in [0.15, 0.2) is 24.3 Å². The Hall–Kier alpha value is -0.240. The lowest BCUT2D eigenvalue weighted by Gasteiger charge is -2.23. The minimum absolute atomic E-state index is 0. The highest BCUT2D eigenvalue weighted by Crippen LogP contribution is 2.38. The van der Waals surface area contributed by atoms with Gasteiger partial charge in [-0.1, -0.05) is 35.5 Å². The zero-order valence-corrected chi connectivity index (χ0v) is 14.6. The van der Waals surface area contributed by atoms with Crippen LogP contribution < -0.4 is 0 Å². The molecule has 3 rings (SSSR count). The smallest absolute Gasteiger partial charge is 0.157 e. The third-order valence-corrected chi connectivity index (χ3v) is 6.88. The average molecular weight is 398 g/mol. The molecule has 0 saturated carbocycles. The first-order valence-electron chi connectivity index (χ1n) is 5.91. The van der Waals surface area contributed by atoms with Crippen molar-refractivity contribution in [3.63, 3.8) is 0 Å². The SMILES string of the molecule is Br.N=C1SC2CS(=O)(=O)CC2N1Cc1ccc(Cl)cc1. The zero-order chi connectivity index (χ0) is 13.6. The van der Waals surface area contributed by atoms with Crippen LogP contribution in [0.1, 0.15) is 5.56 Å². The molecule has 2 aliphatic rings. The summed E-state index contributed by atoms with van der Waals surface area (Å²) in [6, 6.07) is 7.39. The van der Waals surface area contributed by atoms with Gasteiger partial charge in [-0.2, -0.15) is 0 Å². The maximum atomic E-state index is 11.7. The second-order valence-corrected chi connectivity index (χ2v) is 8.68. The van der Waals surface area contributed by atoms with Crippen LogP contribution in [0.3, 0.4) is 0 Å². The van der Waals surface area contributed by atoms with Gasteiger partial charge in [0.2, 0.25) is 0 Å². The van der Waals surface area contributed by atoms with Crippen molar-refractivity contribution in [2.45, 2.75) is 17.8 Å². The van der Waals surface area contributed by atoms with Gasteiger partial charge in [0.05, 0.1) is 17.5 Å². The minimum atomic E-state index is -2.94. The van der Waals surface area contributed by atoms with Gasteiger partial charge in [0, 0.05) is 16.8 Å². The van der Waals surface area contributed by atoms with Crippen LogP contribution in [0, 0.1) is 5.41 Å². The predicted octanol–water partition coefficient (Wildman–Crippen LogP) is 2.57. The van der Waals surface area contributed by atoms with Crippen molar-refractivity contribution in [2.24, 2.45) is 0 Å². The van der Waals surface area contributed by atoms with Gasteiger partial charge in [-0.05, 0) is 17.7 Å². The molecule has 2 unspecified atom stereocenters. The summed E-state index contributed by atoms with van der Waals surface area (Å²) in [5, 5.41) is 9.16. The Bertz CT molecular complexity index is 621. The number of hydrogen-bond donors (Lipinski definition) is 1. The van der Waals surface area contributed by atoms with Crippen LogP contribution in [-0.4, -0.2) is 41.3 Å². The molecule has 2 heterocycles. The number of nitrogens with one attached hydrogen (secondary N) is 1. The van der Waals surface area contributed by atoms with Crippen molar-refractivity contribution in [1.82, 2.24) is 4.90 Å². The molecular weight excluding hydrogens is 384 g/mol. The largest absolute Gasteiger partial charge is 0.342 e. The minimum Gasteiger partial charge on any atom is -0.342 e. The third-order valence-electron chi connectivity index (χ3n) is 3.46. The number of halogens is 2. The van der Waals surface area contributed by atoms with Gasteiger partial charge >= 0.3 is 0 Å². The van der Waals surface area contributed by atoms with Gasteiger partial charge in [-0.3, -0.25) is 5.41 Å². The molecule has 20 heavy (non-hydrogen) atoms. The van der Waals surface area contributed by atoms with Crippen LogP contribution in [0.25, 0.3) is 0 Å². The molecule has 0 amide bonds. The van der Waals surface area contributed by atoms with E-state index in [2.05, 4.69) is 0 Å². The Morgan fingerprint density at radius 3 is 2.60 bits per heavy atom. The number of thioether (sulfide) groups is 1. The average Bonchev–Trinajstić information content (AvgIpc) is 2.75. The number of hydrogen-bond acceptors (Lipinski definition) is 4. The topological polar surface area (TPSA) is 61.2 Å². The fraction of sp³-hybridized carbons (Fsp3) is 0.417. The normalized spacial score (nSPS) is 27.2. The summed E-state index contributed by atoms with van der Waals surface area (Å²) in [5.74, 6) is 0.364. The van der Waals surface area contributed by atoms with Crippen molar-refractivity contribution in [1.29, 1.82) is 5.41 Å². The first-order valence-corrected chi connectivity index (χ1v) is 8.99. The van der Waals surface area contributed by atoms with E-state index in [0.29, 0.717) is 16.7 Å². The summed E-state index contributed by atoms with van der Waals surface area (Å²) in [7, 11) is -2.94. The van der Waals surface area contributed by atoms with E-state index in [0.717, 1.165) is 5.56 Å². The number of fused-ring (bicyclic) bond motifs is 1. The molecule has 110 valence electrons. The van der Waals surface area contributed by atoms with Gasteiger partial charge in [0.1, 0.15) is 0 Å². The summed E-state index contributed by atoms with van der Waals surface area (Å²) < 4.78 is 23.3. The molecule has 2 saturated heterocycles. The molecule has 0 radical (unpaired) electrons. The van der Waals surface area contributed by atoms with Gasteiger partial charge < -0.3 is 4.90 Å². The van der Waals surface area contributed by atoms with E-state index in [1.165, 1.54) is 11.8 Å². The quantitative estimate of drug-likeness (QED) is 0.833. The Morgan fingerprint density at radius 1 is 1.30 bits per heavy atom. The summed E-state index contributed by atoms with van der Waals surface area (Å²) in [5.41, 5.74) is 1.04. The highest BCUT2D eigenvalue weighted by molar-refractivity contribution is 8.93. The molecule has 2 atom stereocenters. The van der Waals surface area contributed by atoms with E-state index in [-0.39, 0.29) is 39.8 Å².